The Balaban J connectivity index is 1.53. The molecule has 0 radical (unpaired) electrons. The fourth-order valence-corrected chi connectivity index (χ4v) is 3.67. The van der Waals surface area contributed by atoms with E-state index in [1.807, 2.05) is 38.1 Å². The first-order valence-electron chi connectivity index (χ1n) is 8.67. The molecule has 26 heavy (non-hydrogen) atoms. The minimum atomic E-state index is -0.0336. The van der Waals surface area contributed by atoms with E-state index in [1.54, 1.807) is 11.3 Å². The topological polar surface area (TPSA) is 80.9 Å². The van der Waals surface area contributed by atoms with Gasteiger partial charge in [0.25, 0.3) is 0 Å². The first-order valence-corrected chi connectivity index (χ1v) is 9.49. The van der Waals surface area contributed by atoms with Gasteiger partial charge in [-0.25, -0.2) is 4.98 Å². The molecule has 0 aliphatic heterocycles. The Morgan fingerprint density at radius 3 is 2.81 bits per heavy atom. The van der Waals surface area contributed by atoms with Crippen LogP contribution in [0.1, 0.15) is 40.4 Å². The number of carbonyl (C=O) groups is 1. The van der Waals surface area contributed by atoms with Crippen molar-refractivity contribution in [3.05, 3.63) is 51.3 Å². The lowest BCUT2D eigenvalue weighted by Crippen LogP contribution is -2.23. The van der Waals surface area contributed by atoms with Gasteiger partial charge in [-0.05, 0) is 25.8 Å². The number of nitrogens with one attached hydrogen (secondary N) is 1. The first-order chi connectivity index (χ1) is 12.6. The normalized spacial score (nSPS) is 10.9. The second-order valence-corrected chi connectivity index (χ2v) is 7.35. The Morgan fingerprint density at radius 2 is 2.04 bits per heavy atom. The zero-order valence-electron chi connectivity index (χ0n) is 15.2. The van der Waals surface area contributed by atoms with Crippen molar-refractivity contribution < 1.29 is 9.32 Å². The van der Waals surface area contributed by atoms with E-state index < -0.39 is 0 Å². The van der Waals surface area contributed by atoms with Gasteiger partial charge in [-0.1, -0.05) is 36.3 Å². The molecular formula is C19H22N4O2S. The number of aromatic nitrogens is 3. The molecule has 0 saturated heterocycles. The van der Waals surface area contributed by atoms with Crippen molar-refractivity contribution in [2.75, 3.05) is 0 Å². The van der Waals surface area contributed by atoms with Gasteiger partial charge in [-0.3, -0.25) is 4.79 Å². The number of carbonyl (C=O) groups excluding carboxylic acids is 1. The summed E-state index contributed by atoms with van der Waals surface area (Å²) in [6, 6.07) is 7.87. The predicted octanol–water partition coefficient (Wildman–Crippen LogP) is 3.62. The molecule has 0 spiro atoms. The van der Waals surface area contributed by atoms with Gasteiger partial charge in [0.2, 0.25) is 17.6 Å². The van der Waals surface area contributed by atoms with Crippen molar-refractivity contribution >= 4 is 17.2 Å². The van der Waals surface area contributed by atoms with Gasteiger partial charge in [0.05, 0.1) is 17.2 Å². The molecular weight excluding hydrogens is 348 g/mol. The fourth-order valence-electron chi connectivity index (χ4n) is 2.70. The summed E-state index contributed by atoms with van der Waals surface area (Å²) < 4.78 is 5.28. The average molecular weight is 370 g/mol. The minimum Gasteiger partial charge on any atom is -0.351 e. The van der Waals surface area contributed by atoms with Crippen LogP contribution in [0.15, 0.2) is 28.8 Å². The highest BCUT2D eigenvalue weighted by Gasteiger charge is 2.13. The van der Waals surface area contributed by atoms with E-state index >= 15 is 0 Å². The lowest BCUT2D eigenvalue weighted by molar-refractivity contribution is -0.121. The predicted molar refractivity (Wildman–Crippen MR) is 101 cm³/mol. The lowest BCUT2D eigenvalue weighted by atomic mass is 10.1. The van der Waals surface area contributed by atoms with Crippen LogP contribution in [0.5, 0.6) is 0 Å². The molecule has 0 atom stereocenters. The standard InChI is InChI=1S/C19H22N4O2S/c1-4-15-16(26-13(3)21-15)11-20-17(24)9-10-18-22-19(23-25-18)14-8-6-5-7-12(14)2/h5-8H,4,9-11H2,1-3H3,(H,20,24). The summed E-state index contributed by atoms with van der Waals surface area (Å²) in [6.07, 6.45) is 1.61. The van der Waals surface area contributed by atoms with Crippen LogP contribution >= 0.6 is 11.3 Å². The maximum absolute atomic E-state index is 12.1. The van der Waals surface area contributed by atoms with Crippen molar-refractivity contribution in [3.8, 4) is 11.4 Å². The molecule has 136 valence electrons. The molecule has 2 heterocycles. The van der Waals surface area contributed by atoms with E-state index in [0.717, 1.165) is 33.1 Å². The highest BCUT2D eigenvalue weighted by atomic mass is 32.1. The highest BCUT2D eigenvalue weighted by Crippen LogP contribution is 2.20. The van der Waals surface area contributed by atoms with Crippen LogP contribution < -0.4 is 5.32 Å². The summed E-state index contributed by atoms with van der Waals surface area (Å²) in [4.78, 5) is 22.1. The lowest BCUT2D eigenvalue weighted by Gasteiger charge is -2.03. The quantitative estimate of drug-likeness (QED) is 0.687. The van der Waals surface area contributed by atoms with Gasteiger partial charge in [0.1, 0.15) is 0 Å². The van der Waals surface area contributed by atoms with E-state index in [9.17, 15) is 4.79 Å². The number of nitrogens with zero attached hydrogens (tertiary/aromatic N) is 3. The third-order valence-corrected chi connectivity index (χ3v) is 5.10. The van der Waals surface area contributed by atoms with Crippen molar-refractivity contribution in [2.45, 2.75) is 46.6 Å². The summed E-state index contributed by atoms with van der Waals surface area (Å²) in [5.41, 5.74) is 3.09. The van der Waals surface area contributed by atoms with Crippen LogP contribution in [-0.2, 0) is 24.2 Å². The molecule has 1 N–H and O–H groups in total. The van der Waals surface area contributed by atoms with Crippen LogP contribution in [0.2, 0.25) is 0 Å². The SMILES string of the molecule is CCc1nc(C)sc1CNC(=O)CCc1nc(-c2ccccc2C)no1. The molecule has 0 saturated carbocycles. The van der Waals surface area contributed by atoms with E-state index in [4.69, 9.17) is 4.52 Å². The smallest absolute Gasteiger partial charge is 0.227 e. The second kappa shape index (κ2) is 8.23. The van der Waals surface area contributed by atoms with Crippen LogP contribution in [-0.4, -0.2) is 21.0 Å². The van der Waals surface area contributed by atoms with Crippen molar-refractivity contribution in [2.24, 2.45) is 0 Å². The molecule has 0 aliphatic rings. The Hall–Kier alpha value is -2.54. The Morgan fingerprint density at radius 1 is 1.23 bits per heavy atom. The maximum atomic E-state index is 12.1. The van der Waals surface area contributed by atoms with E-state index in [1.165, 1.54) is 0 Å². The molecule has 6 nitrogen and oxygen atoms in total. The minimum absolute atomic E-state index is 0.0336. The number of benzene rings is 1. The Labute approximate surface area is 156 Å². The summed E-state index contributed by atoms with van der Waals surface area (Å²) in [7, 11) is 0. The number of rotatable bonds is 7. The third-order valence-electron chi connectivity index (χ3n) is 4.09. The van der Waals surface area contributed by atoms with Gasteiger partial charge in [-0.2, -0.15) is 4.98 Å². The van der Waals surface area contributed by atoms with Crippen LogP contribution in [0.4, 0.5) is 0 Å². The maximum Gasteiger partial charge on any atom is 0.227 e. The van der Waals surface area contributed by atoms with Crippen molar-refractivity contribution in [1.82, 2.24) is 20.4 Å². The first kappa shape index (κ1) is 18.3. The van der Waals surface area contributed by atoms with E-state index in [2.05, 4.69) is 27.4 Å². The molecule has 7 heteroatoms. The van der Waals surface area contributed by atoms with Gasteiger partial charge in [-0.15, -0.1) is 11.3 Å². The van der Waals surface area contributed by atoms with Crippen LogP contribution in [0, 0.1) is 13.8 Å². The molecule has 3 rings (SSSR count). The van der Waals surface area contributed by atoms with Crippen LogP contribution in [0.3, 0.4) is 0 Å². The summed E-state index contributed by atoms with van der Waals surface area (Å²) in [5.74, 6) is 1.00. The highest BCUT2D eigenvalue weighted by molar-refractivity contribution is 7.11. The molecule has 0 unspecified atom stereocenters. The molecule has 3 aromatic rings. The van der Waals surface area contributed by atoms with E-state index in [-0.39, 0.29) is 5.91 Å². The largest absolute Gasteiger partial charge is 0.351 e. The summed E-state index contributed by atoms with van der Waals surface area (Å²) in [6.45, 7) is 6.58. The van der Waals surface area contributed by atoms with Crippen molar-refractivity contribution in [3.63, 3.8) is 0 Å². The van der Waals surface area contributed by atoms with Gasteiger partial charge >= 0.3 is 0 Å². The van der Waals surface area contributed by atoms with Gasteiger partial charge in [0.15, 0.2) is 0 Å². The van der Waals surface area contributed by atoms with E-state index in [0.29, 0.717) is 31.1 Å². The zero-order valence-corrected chi connectivity index (χ0v) is 16.0. The molecule has 0 aliphatic carbocycles. The van der Waals surface area contributed by atoms with Gasteiger partial charge in [0, 0.05) is 23.3 Å². The average Bonchev–Trinajstić information content (AvgIpc) is 3.24. The van der Waals surface area contributed by atoms with Gasteiger partial charge < -0.3 is 9.84 Å². The molecule has 1 amide bonds. The van der Waals surface area contributed by atoms with Crippen molar-refractivity contribution in [1.29, 1.82) is 0 Å². The monoisotopic (exact) mass is 370 g/mol. The summed E-state index contributed by atoms with van der Waals surface area (Å²) in [5, 5.41) is 7.99. The second-order valence-electron chi connectivity index (χ2n) is 6.06. The molecule has 0 bridgehead atoms. The molecule has 0 fully saturated rings. The molecule has 1 aromatic carbocycles. The number of thiazole rings is 1. The Bertz CT molecular complexity index is 901. The number of amides is 1. The fraction of sp³-hybridized carbons (Fsp3) is 0.368. The molecule has 2 aromatic heterocycles. The Kier molecular flexibility index (Phi) is 5.78. The third kappa shape index (κ3) is 4.35. The number of hydrogen-bond acceptors (Lipinski definition) is 6. The zero-order chi connectivity index (χ0) is 18.5. The number of hydrogen-bond donors (Lipinski definition) is 1. The van der Waals surface area contributed by atoms with Crippen LogP contribution in [0.25, 0.3) is 11.4 Å². The summed E-state index contributed by atoms with van der Waals surface area (Å²) >= 11 is 1.63. The number of aryl methyl sites for hydroxylation is 4.